The highest BCUT2D eigenvalue weighted by Gasteiger charge is 2.22. The van der Waals surface area contributed by atoms with Gasteiger partial charge in [0.2, 0.25) is 0 Å². The lowest BCUT2D eigenvalue weighted by molar-refractivity contribution is 0.232. The number of nitrogens with zero attached hydrogens (tertiary/aromatic N) is 3. The molecule has 3 aromatic rings. The van der Waals surface area contributed by atoms with Gasteiger partial charge in [0.1, 0.15) is 11.6 Å². The second kappa shape index (κ2) is 7.26. The molecule has 132 valence electrons. The van der Waals surface area contributed by atoms with E-state index in [2.05, 4.69) is 20.7 Å². The molecule has 0 bridgehead atoms. The minimum absolute atomic E-state index is 0.0767. The molecular formula is C19H19N5O2. The molecule has 4 rings (SSSR count). The SMILES string of the molecule is O=C(Nc1ccnn1Cc1ccccn1)N[C@@H]1CCOc2ccccc21. The molecule has 7 nitrogen and oxygen atoms in total. The zero-order chi connectivity index (χ0) is 17.8. The lowest BCUT2D eigenvalue weighted by Gasteiger charge is -2.26. The van der Waals surface area contributed by atoms with Crippen LogP contribution in [0.15, 0.2) is 60.9 Å². The van der Waals surface area contributed by atoms with Crippen molar-refractivity contribution in [1.29, 1.82) is 0 Å². The van der Waals surface area contributed by atoms with Crippen LogP contribution in [0.25, 0.3) is 0 Å². The Bertz CT molecular complexity index is 894. The molecule has 0 aliphatic carbocycles. The first-order chi connectivity index (χ1) is 12.8. The number of anilines is 1. The fraction of sp³-hybridized carbons (Fsp3) is 0.211. The van der Waals surface area contributed by atoms with Crippen LogP contribution in [0.4, 0.5) is 10.6 Å². The third-order valence-corrected chi connectivity index (χ3v) is 4.26. The van der Waals surface area contributed by atoms with Gasteiger partial charge in [-0.3, -0.25) is 10.3 Å². The van der Waals surface area contributed by atoms with E-state index in [1.165, 1.54) is 0 Å². The monoisotopic (exact) mass is 349 g/mol. The summed E-state index contributed by atoms with van der Waals surface area (Å²) in [5.74, 6) is 1.44. The van der Waals surface area contributed by atoms with Crippen molar-refractivity contribution in [3.05, 3.63) is 72.2 Å². The van der Waals surface area contributed by atoms with Gasteiger partial charge in [-0.1, -0.05) is 24.3 Å². The molecule has 2 aromatic heterocycles. The quantitative estimate of drug-likeness (QED) is 0.759. The zero-order valence-electron chi connectivity index (χ0n) is 14.1. The minimum atomic E-state index is -0.269. The van der Waals surface area contributed by atoms with E-state index in [0.717, 1.165) is 23.4 Å². The number of nitrogens with one attached hydrogen (secondary N) is 2. The van der Waals surface area contributed by atoms with E-state index in [1.807, 2.05) is 42.5 Å². The summed E-state index contributed by atoms with van der Waals surface area (Å²) in [5, 5.41) is 10.1. The van der Waals surface area contributed by atoms with E-state index in [9.17, 15) is 4.79 Å². The maximum Gasteiger partial charge on any atom is 0.320 e. The van der Waals surface area contributed by atoms with Crippen molar-refractivity contribution < 1.29 is 9.53 Å². The van der Waals surface area contributed by atoms with E-state index in [-0.39, 0.29) is 12.1 Å². The molecule has 0 radical (unpaired) electrons. The van der Waals surface area contributed by atoms with Gasteiger partial charge in [0.05, 0.1) is 31.1 Å². The second-order valence-electron chi connectivity index (χ2n) is 6.02. The summed E-state index contributed by atoms with van der Waals surface area (Å²) in [5.41, 5.74) is 1.87. The Morgan fingerprint density at radius 1 is 1.15 bits per heavy atom. The summed E-state index contributed by atoms with van der Waals surface area (Å²) in [6.45, 7) is 1.07. The first-order valence-electron chi connectivity index (χ1n) is 8.50. The Hall–Kier alpha value is -3.35. The molecule has 1 aromatic carbocycles. The minimum Gasteiger partial charge on any atom is -0.493 e. The molecule has 0 saturated carbocycles. The van der Waals surface area contributed by atoms with Crippen LogP contribution in [0, 0.1) is 0 Å². The largest absolute Gasteiger partial charge is 0.493 e. The smallest absolute Gasteiger partial charge is 0.320 e. The lowest BCUT2D eigenvalue weighted by Crippen LogP contribution is -2.35. The normalized spacial score (nSPS) is 15.6. The van der Waals surface area contributed by atoms with E-state index >= 15 is 0 Å². The number of hydrogen-bond donors (Lipinski definition) is 2. The van der Waals surface area contributed by atoms with Crippen LogP contribution in [0.2, 0.25) is 0 Å². The fourth-order valence-electron chi connectivity index (χ4n) is 3.01. The fourth-order valence-corrected chi connectivity index (χ4v) is 3.01. The number of ether oxygens (including phenoxy) is 1. The average molecular weight is 349 g/mol. The van der Waals surface area contributed by atoms with Crippen molar-refractivity contribution in [3.8, 4) is 5.75 Å². The predicted molar refractivity (Wildman–Crippen MR) is 97.0 cm³/mol. The van der Waals surface area contributed by atoms with Gasteiger partial charge >= 0.3 is 6.03 Å². The lowest BCUT2D eigenvalue weighted by atomic mass is 10.0. The van der Waals surface area contributed by atoms with Gasteiger partial charge in [-0.2, -0.15) is 5.10 Å². The Morgan fingerprint density at radius 3 is 2.92 bits per heavy atom. The summed E-state index contributed by atoms with van der Waals surface area (Å²) in [7, 11) is 0. The number of fused-ring (bicyclic) bond motifs is 1. The highest BCUT2D eigenvalue weighted by Crippen LogP contribution is 2.31. The summed E-state index contributed by atoms with van der Waals surface area (Å²) >= 11 is 0. The molecule has 26 heavy (non-hydrogen) atoms. The van der Waals surface area contributed by atoms with Crippen molar-refractivity contribution in [3.63, 3.8) is 0 Å². The number of carbonyl (C=O) groups is 1. The number of aromatic nitrogens is 3. The number of carbonyl (C=O) groups excluding carboxylic acids is 1. The van der Waals surface area contributed by atoms with Crippen LogP contribution in [-0.2, 0) is 6.54 Å². The molecule has 2 N–H and O–H groups in total. The maximum atomic E-state index is 12.5. The Kier molecular flexibility index (Phi) is 4.51. The van der Waals surface area contributed by atoms with Gasteiger partial charge in [0.25, 0.3) is 0 Å². The Balaban J connectivity index is 1.43. The van der Waals surface area contributed by atoms with Crippen LogP contribution >= 0.6 is 0 Å². The van der Waals surface area contributed by atoms with Gasteiger partial charge in [0, 0.05) is 24.2 Å². The van der Waals surface area contributed by atoms with Crippen LogP contribution in [-0.4, -0.2) is 27.4 Å². The number of urea groups is 1. The first-order valence-corrected chi connectivity index (χ1v) is 8.50. The average Bonchev–Trinajstić information content (AvgIpc) is 3.09. The van der Waals surface area contributed by atoms with E-state index in [4.69, 9.17) is 4.74 Å². The standard InChI is InChI=1S/C19H19N5O2/c25-19(22-16-9-12-26-17-7-2-1-6-15(16)17)23-18-8-11-21-24(18)13-14-5-3-4-10-20-14/h1-8,10-11,16H,9,12-13H2,(H2,22,23,25)/t16-/m1/s1. The molecule has 1 aliphatic heterocycles. The van der Waals surface area contributed by atoms with Gasteiger partial charge in [0.15, 0.2) is 0 Å². The van der Waals surface area contributed by atoms with Crippen molar-refractivity contribution in [2.24, 2.45) is 0 Å². The number of pyridine rings is 1. The van der Waals surface area contributed by atoms with Crippen molar-refractivity contribution in [1.82, 2.24) is 20.1 Å². The number of amides is 2. The van der Waals surface area contributed by atoms with Crippen LogP contribution in [0.5, 0.6) is 5.75 Å². The summed E-state index contributed by atoms with van der Waals surface area (Å²) in [4.78, 5) is 16.8. The third-order valence-electron chi connectivity index (χ3n) is 4.26. The van der Waals surface area contributed by atoms with E-state index < -0.39 is 0 Å². The van der Waals surface area contributed by atoms with Gasteiger partial charge in [-0.25, -0.2) is 9.48 Å². The van der Waals surface area contributed by atoms with Crippen molar-refractivity contribution >= 4 is 11.8 Å². The predicted octanol–water partition coefficient (Wildman–Crippen LogP) is 2.97. The van der Waals surface area contributed by atoms with Gasteiger partial charge in [-0.05, 0) is 18.2 Å². The summed E-state index contributed by atoms with van der Waals surface area (Å²) in [6.07, 6.45) is 4.13. The molecule has 1 atom stereocenters. The number of rotatable bonds is 4. The van der Waals surface area contributed by atoms with Gasteiger partial charge < -0.3 is 10.1 Å². The van der Waals surface area contributed by atoms with E-state index in [0.29, 0.717) is 19.0 Å². The molecule has 3 heterocycles. The highest BCUT2D eigenvalue weighted by atomic mass is 16.5. The topological polar surface area (TPSA) is 81.1 Å². The zero-order valence-corrected chi connectivity index (χ0v) is 14.1. The molecule has 0 saturated heterocycles. The second-order valence-corrected chi connectivity index (χ2v) is 6.02. The number of hydrogen-bond acceptors (Lipinski definition) is 4. The Labute approximate surface area is 151 Å². The first kappa shape index (κ1) is 16.1. The maximum absolute atomic E-state index is 12.5. The summed E-state index contributed by atoms with van der Waals surface area (Å²) in [6, 6.07) is 14.9. The Morgan fingerprint density at radius 2 is 2.04 bits per heavy atom. The number of para-hydroxylation sites is 1. The molecule has 0 fully saturated rings. The van der Waals surface area contributed by atoms with Crippen LogP contribution in [0.1, 0.15) is 23.7 Å². The molecule has 0 unspecified atom stereocenters. The van der Waals surface area contributed by atoms with Crippen LogP contribution < -0.4 is 15.4 Å². The van der Waals surface area contributed by atoms with Gasteiger partial charge in [-0.15, -0.1) is 0 Å². The van der Waals surface area contributed by atoms with Crippen molar-refractivity contribution in [2.75, 3.05) is 11.9 Å². The molecule has 7 heteroatoms. The van der Waals surface area contributed by atoms with Crippen LogP contribution in [0.3, 0.4) is 0 Å². The summed E-state index contributed by atoms with van der Waals surface area (Å²) < 4.78 is 7.34. The third kappa shape index (κ3) is 3.51. The highest BCUT2D eigenvalue weighted by molar-refractivity contribution is 5.88. The molecular weight excluding hydrogens is 330 g/mol. The van der Waals surface area contributed by atoms with E-state index in [1.54, 1.807) is 23.1 Å². The van der Waals surface area contributed by atoms with Crippen molar-refractivity contribution in [2.45, 2.75) is 19.0 Å². The molecule has 1 aliphatic rings. The molecule has 0 spiro atoms. The number of benzene rings is 1. The molecule has 2 amide bonds.